The first-order valence-electron chi connectivity index (χ1n) is 10.9. The maximum absolute atomic E-state index is 11.6. The van der Waals surface area contributed by atoms with E-state index in [4.69, 9.17) is 17.3 Å². The Morgan fingerprint density at radius 2 is 1.94 bits per heavy atom. The van der Waals surface area contributed by atoms with Crippen LogP contribution in [0, 0.1) is 33.3 Å². The minimum absolute atomic E-state index is 0.107. The highest BCUT2D eigenvalue weighted by atomic mass is 35.5. The second-order valence-electron chi connectivity index (χ2n) is 9.53. The van der Waals surface area contributed by atoms with E-state index in [9.17, 15) is 10.1 Å². The second-order valence-corrected chi connectivity index (χ2v) is 9.94. The number of anilines is 2. The summed E-state index contributed by atoms with van der Waals surface area (Å²) in [5, 5.41) is 18.6. The largest absolute Gasteiger partial charge is 0.364 e. The average molecular weight is 443 g/mol. The molecule has 4 N–H and O–H groups in total. The van der Waals surface area contributed by atoms with Crippen molar-refractivity contribution in [2.45, 2.75) is 44.7 Å². The number of nitrogens with zero attached hydrogens (tertiary/aromatic N) is 3. The van der Waals surface area contributed by atoms with Crippen LogP contribution in [0.25, 0.3) is 0 Å². The minimum atomic E-state index is -0.435. The number of hydrogen-bond acceptors (Lipinski definition) is 7. The summed E-state index contributed by atoms with van der Waals surface area (Å²) in [6.07, 6.45) is 7.12. The lowest BCUT2D eigenvalue weighted by molar-refractivity contribution is -0.384. The fraction of sp³-hybridized carbons (Fsp3) is 0.545. The first kappa shape index (κ1) is 20.5. The molecular formula is C22H27ClN6O2. The Morgan fingerprint density at radius 3 is 2.65 bits per heavy atom. The highest BCUT2D eigenvalue weighted by Crippen LogP contribution is 2.59. The monoisotopic (exact) mass is 442 g/mol. The Morgan fingerprint density at radius 1 is 1.19 bits per heavy atom. The van der Waals surface area contributed by atoms with Gasteiger partial charge in [-0.15, -0.1) is 0 Å². The number of hydrogen-bond donors (Lipinski definition) is 3. The van der Waals surface area contributed by atoms with Crippen LogP contribution in [0.1, 0.15) is 37.7 Å². The van der Waals surface area contributed by atoms with E-state index in [2.05, 4.69) is 20.6 Å². The molecular weight excluding hydrogens is 416 g/mol. The molecule has 5 atom stereocenters. The summed E-state index contributed by atoms with van der Waals surface area (Å²) in [6.45, 7) is 1.12. The summed E-state index contributed by atoms with van der Waals surface area (Å²) >= 11 is 6.21. The summed E-state index contributed by atoms with van der Waals surface area (Å²) in [6, 6.07) is 7.83. The van der Waals surface area contributed by atoms with E-state index < -0.39 is 4.92 Å². The number of benzene rings is 1. The molecule has 164 valence electrons. The van der Waals surface area contributed by atoms with E-state index in [-0.39, 0.29) is 16.9 Å². The predicted octanol–water partition coefficient (Wildman–Crippen LogP) is 4.22. The van der Waals surface area contributed by atoms with E-state index >= 15 is 0 Å². The standard InChI is InChI=1S/C22H27ClN6O2/c23-17-4-2-1-3-14(17)10-25-21-26-11-18(29(30)31)20(28-21)27-12-22-7-13-5-15(8-22)19(24)16(6-13)9-22/h1-4,11,13,15-16,19H,5-10,12,24H2,(H2,25,26,27,28)/t13?,15-,16+,19-,22-. The smallest absolute Gasteiger partial charge is 0.329 e. The molecule has 2 aromatic rings. The topological polar surface area (TPSA) is 119 Å². The van der Waals surface area contributed by atoms with Crippen molar-refractivity contribution in [3.05, 3.63) is 51.2 Å². The van der Waals surface area contributed by atoms with Gasteiger partial charge in [0, 0.05) is 24.2 Å². The third-order valence-corrected chi connectivity index (χ3v) is 7.83. The van der Waals surface area contributed by atoms with E-state index in [0.717, 1.165) is 24.3 Å². The molecule has 1 aromatic carbocycles. The minimum Gasteiger partial charge on any atom is -0.364 e. The van der Waals surface area contributed by atoms with Crippen LogP contribution in [0.2, 0.25) is 5.02 Å². The van der Waals surface area contributed by atoms with Gasteiger partial charge in [0.05, 0.1) is 4.92 Å². The lowest BCUT2D eigenvalue weighted by Gasteiger charge is -2.59. The fourth-order valence-electron chi connectivity index (χ4n) is 6.26. The van der Waals surface area contributed by atoms with E-state index in [1.807, 2.05) is 24.3 Å². The van der Waals surface area contributed by atoms with Crippen LogP contribution in [0.5, 0.6) is 0 Å². The van der Waals surface area contributed by atoms with Gasteiger partial charge >= 0.3 is 5.69 Å². The molecule has 0 amide bonds. The highest BCUT2D eigenvalue weighted by molar-refractivity contribution is 6.31. The van der Waals surface area contributed by atoms with Crippen molar-refractivity contribution in [1.29, 1.82) is 0 Å². The number of nitrogens with one attached hydrogen (secondary N) is 2. The molecule has 0 saturated heterocycles. The zero-order chi connectivity index (χ0) is 21.6. The van der Waals surface area contributed by atoms with Gasteiger partial charge in [0.2, 0.25) is 11.8 Å². The van der Waals surface area contributed by atoms with E-state index in [1.54, 1.807) is 0 Å². The van der Waals surface area contributed by atoms with Crippen molar-refractivity contribution in [2.75, 3.05) is 17.2 Å². The van der Waals surface area contributed by atoms with Gasteiger partial charge in [-0.25, -0.2) is 4.98 Å². The number of aromatic nitrogens is 2. The Bertz CT molecular complexity index is 986. The second kappa shape index (κ2) is 7.91. The Hall–Kier alpha value is -2.45. The van der Waals surface area contributed by atoms with E-state index in [1.165, 1.54) is 25.5 Å². The van der Waals surface area contributed by atoms with Crippen LogP contribution in [0.15, 0.2) is 30.5 Å². The van der Waals surface area contributed by atoms with Crippen molar-refractivity contribution < 1.29 is 4.92 Å². The third-order valence-electron chi connectivity index (χ3n) is 7.46. The average Bonchev–Trinajstić information content (AvgIpc) is 2.75. The molecule has 4 fully saturated rings. The Kier molecular flexibility index (Phi) is 5.22. The maximum atomic E-state index is 11.6. The lowest BCUT2D eigenvalue weighted by atomic mass is 9.48. The lowest BCUT2D eigenvalue weighted by Crippen LogP contribution is -2.58. The SMILES string of the molecule is N[C@@H]1[C@@H]2CC3C[C@H]1C[C@@](CNc1nc(NCc4ccccc4Cl)ncc1[N+](=O)[O-])(C3)C2. The molecule has 1 unspecified atom stereocenters. The van der Waals surface area contributed by atoms with Crippen molar-refractivity contribution in [2.24, 2.45) is 28.9 Å². The first-order valence-corrected chi connectivity index (χ1v) is 11.3. The van der Waals surface area contributed by atoms with Crippen molar-refractivity contribution in [3.63, 3.8) is 0 Å². The molecule has 4 saturated carbocycles. The molecule has 1 aromatic heterocycles. The summed E-state index contributed by atoms with van der Waals surface area (Å²) in [4.78, 5) is 19.7. The summed E-state index contributed by atoms with van der Waals surface area (Å²) in [5.41, 5.74) is 7.43. The Labute approximate surface area is 186 Å². The van der Waals surface area contributed by atoms with Crippen LogP contribution in [-0.4, -0.2) is 27.5 Å². The molecule has 0 radical (unpaired) electrons. The number of rotatable bonds is 7. The van der Waals surface area contributed by atoms with Crippen molar-refractivity contribution in [3.8, 4) is 0 Å². The summed E-state index contributed by atoms with van der Waals surface area (Å²) < 4.78 is 0. The molecule has 4 aliphatic carbocycles. The van der Waals surface area contributed by atoms with E-state index in [0.29, 0.717) is 41.9 Å². The van der Waals surface area contributed by atoms with Gasteiger partial charge in [0.1, 0.15) is 6.20 Å². The molecule has 31 heavy (non-hydrogen) atoms. The molecule has 9 heteroatoms. The highest BCUT2D eigenvalue weighted by Gasteiger charge is 2.54. The van der Waals surface area contributed by atoms with Gasteiger partial charge in [-0.2, -0.15) is 4.98 Å². The number of nitro groups is 1. The number of nitrogens with two attached hydrogens (primary N) is 1. The van der Waals surface area contributed by atoms with Crippen LogP contribution >= 0.6 is 11.6 Å². The van der Waals surface area contributed by atoms with Crippen LogP contribution in [-0.2, 0) is 6.54 Å². The van der Waals surface area contributed by atoms with Gasteiger partial charge in [-0.05, 0) is 66.9 Å². The molecule has 1 heterocycles. The maximum Gasteiger partial charge on any atom is 0.329 e. The van der Waals surface area contributed by atoms with Gasteiger partial charge in [0.15, 0.2) is 0 Å². The van der Waals surface area contributed by atoms with Gasteiger partial charge in [-0.1, -0.05) is 29.8 Å². The van der Waals surface area contributed by atoms with Crippen LogP contribution in [0.3, 0.4) is 0 Å². The van der Waals surface area contributed by atoms with Gasteiger partial charge in [-0.3, -0.25) is 10.1 Å². The number of halogens is 1. The van der Waals surface area contributed by atoms with Gasteiger partial charge in [0.25, 0.3) is 0 Å². The molecule has 0 spiro atoms. The van der Waals surface area contributed by atoms with Crippen molar-refractivity contribution in [1.82, 2.24) is 9.97 Å². The third kappa shape index (κ3) is 3.94. The fourth-order valence-corrected chi connectivity index (χ4v) is 6.46. The molecule has 0 aliphatic heterocycles. The molecule has 4 aliphatic rings. The normalized spacial score (nSPS) is 30.9. The molecule has 4 bridgehead atoms. The quantitative estimate of drug-likeness (QED) is 0.433. The predicted molar refractivity (Wildman–Crippen MR) is 120 cm³/mol. The Balaban J connectivity index is 1.31. The van der Waals surface area contributed by atoms with Crippen LogP contribution < -0.4 is 16.4 Å². The first-order chi connectivity index (χ1) is 14.9. The molecule has 6 rings (SSSR count). The van der Waals surface area contributed by atoms with Crippen LogP contribution in [0.4, 0.5) is 17.5 Å². The van der Waals surface area contributed by atoms with Crippen molar-refractivity contribution >= 4 is 29.1 Å². The summed E-state index contributed by atoms with van der Waals surface area (Å²) in [7, 11) is 0. The summed E-state index contributed by atoms with van der Waals surface area (Å²) in [5.74, 6) is 2.51. The van der Waals surface area contributed by atoms with Gasteiger partial charge < -0.3 is 16.4 Å². The zero-order valence-corrected chi connectivity index (χ0v) is 18.0. The zero-order valence-electron chi connectivity index (χ0n) is 17.3. The molecule has 8 nitrogen and oxygen atoms in total.